The van der Waals surface area contributed by atoms with E-state index in [0.717, 1.165) is 0 Å². The number of primary amides is 1. The third-order valence-corrected chi connectivity index (χ3v) is 5.58. The molecule has 1 aliphatic rings. The van der Waals surface area contributed by atoms with Gasteiger partial charge in [0, 0.05) is 29.8 Å². The number of thioether (sulfide) groups is 1. The Bertz CT molecular complexity index is 573. The minimum absolute atomic E-state index is 0.0427. The lowest BCUT2D eigenvalue weighted by atomic mass is 9.96. The minimum Gasteiger partial charge on any atom is -0.369 e. The number of amides is 2. The van der Waals surface area contributed by atoms with Gasteiger partial charge in [-0.25, -0.2) is 4.39 Å². The van der Waals surface area contributed by atoms with Crippen LogP contribution in [-0.2, 0) is 9.59 Å². The van der Waals surface area contributed by atoms with Crippen LogP contribution in [0.2, 0.25) is 0 Å². The molecule has 0 saturated carbocycles. The van der Waals surface area contributed by atoms with Crippen LogP contribution in [0.5, 0.6) is 0 Å². The average molecular weight is 338 g/mol. The van der Waals surface area contributed by atoms with Crippen LogP contribution in [0.4, 0.5) is 4.39 Å². The van der Waals surface area contributed by atoms with Gasteiger partial charge < -0.3 is 10.6 Å². The lowest BCUT2D eigenvalue weighted by molar-refractivity contribution is -0.134. The Balaban J connectivity index is 1.90. The van der Waals surface area contributed by atoms with Crippen molar-refractivity contribution < 1.29 is 14.0 Å². The van der Waals surface area contributed by atoms with Crippen LogP contribution < -0.4 is 5.73 Å². The van der Waals surface area contributed by atoms with Gasteiger partial charge in [-0.3, -0.25) is 9.59 Å². The van der Waals surface area contributed by atoms with Gasteiger partial charge in [0.2, 0.25) is 11.8 Å². The van der Waals surface area contributed by atoms with E-state index in [0.29, 0.717) is 31.5 Å². The zero-order chi connectivity index (χ0) is 17.0. The van der Waals surface area contributed by atoms with Crippen LogP contribution in [0.15, 0.2) is 24.3 Å². The van der Waals surface area contributed by atoms with E-state index in [1.165, 1.54) is 17.8 Å². The van der Waals surface area contributed by atoms with Crippen molar-refractivity contribution in [2.75, 3.05) is 13.1 Å². The maximum Gasteiger partial charge on any atom is 0.235 e. The van der Waals surface area contributed by atoms with Gasteiger partial charge in [0.05, 0.1) is 5.25 Å². The van der Waals surface area contributed by atoms with E-state index < -0.39 is 0 Å². The molecule has 6 heteroatoms. The molecule has 2 N–H and O–H groups in total. The lowest BCUT2D eigenvalue weighted by Crippen LogP contribution is -2.44. The summed E-state index contributed by atoms with van der Waals surface area (Å²) in [6.45, 7) is 4.88. The van der Waals surface area contributed by atoms with Gasteiger partial charge in [0.15, 0.2) is 0 Å². The summed E-state index contributed by atoms with van der Waals surface area (Å²) in [4.78, 5) is 25.5. The molecule has 1 saturated heterocycles. The monoisotopic (exact) mass is 338 g/mol. The second-order valence-electron chi connectivity index (χ2n) is 5.94. The molecule has 1 heterocycles. The smallest absolute Gasteiger partial charge is 0.235 e. The molecule has 0 radical (unpaired) electrons. The Morgan fingerprint density at radius 2 is 1.87 bits per heavy atom. The van der Waals surface area contributed by atoms with Gasteiger partial charge in [-0.2, -0.15) is 0 Å². The van der Waals surface area contributed by atoms with E-state index >= 15 is 0 Å². The molecule has 2 unspecified atom stereocenters. The molecule has 2 rings (SSSR count). The molecule has 0 aromatic heterocycles. The Labute approximate surface area is 140 Å². The third-order valence-electron chi connectivity index (χ3n) is 4.31. The first-order valence-corrected chi connectivity index (χ1v) is 8.82. The van der Waals surface area contributed by atoms with Crippen molar-refractivity contribution in [2.45, 2.75) is 37.2 Å². The number of benzene rings is 1. The highest BCUT2D eigenvalue weighted by molar-refractivity contribution is 8.00. The minimum atomic E-state index is -0.285. The number of rotatable bonds is 5. The summed E-state index contributed by atoms with van der Waals surface area (Å²) >= 11 is 1.45. The number of carbonyl (C=O) groups is 2. The Morgan fingerprint density at radius 1 is 1.26 bits per heavy atom. The quantitative estimate of drug-likeness (QED) is 0.898. The normalized spacial score (nSPS) is 18.5. The van der Waals surface area contributed by atoms with Crippen molar-refractivity contribution in [2.24, 2.45) is 11.7 Å². The number of hydrogen-bond donors (Lipinski definition) is 1. The van der Waals surface area contributed by atoms with Crippen molar-refractivity contribution in [3.05, 3.63) is 35.6 Å². The first-order chi connectivity index (χ1) is 10.9. The molecule has 126 valence electrons. The van der Waals surface area contributed by atoms with Gasteiger partial charge in [-0.1, -0.05) is 18.2 Å². The molecule has 0 bridgehead atoms. The summed E-state index contributed by atoms with van der Waals surface area (Å²) in [5, 5.41) is -0.354. The number of nitrogens with zero attached hydrogens (tertiary/aromatic N) is 1. The van der Waals surface area contributed by atoms with Gasteiger partial charge in [-0.15, -0.1) is 11.8 Å². The molecule has 0 aliphatic carbocycles. The Morgan fingerprint density at radius 3 is 2.43 bits per heavy atom. The Kier molecular flexibility index (Phi) is 6.04. The topological polar surface area (TPSA) is 63.4 Å². The SMILES string of the molecule is CC(SC(C)c1ccccc1F)C(=O)N1CCC(C(N)=O)CC1. The largest absolute Gasteiger partial charge is 0.369 e. The molecule has 4 nitrogen and oxygen atoms in total. The van der Waals surface area contributed by atoms with Crippen molar-refractivity contribution in [1.82, 2.24) is 4.90 Å². The first kappa shape index (κ1) is 17.8. The highest BCUT2D eigenvalue weighted by Gasteiger charge is 2.29. The van der Waals surface area contributed by atoms with Crippen molar-refractivity contribution in [3.63, 3.8) is 0 Å². The summed E-state index contributed by atoms with van der Waals surface area (Å²) in [6, 6.07) is 6.65. The third kappa shape index (κ3) is 4.47. The van der Waals surface area contributed by atoms with Crippen LogP contribution in [0.1, 0.15) is 37.5 Å². The molecule has 2 atom stereocenters. The molecule has 2 amide bonds. The Hall–Kier alpha value is -1.56. The number of likely N-dealkylation sites (tertiary alicyclic amines) is 1. The highest BCUT2D eigenvalue weighted by atomic mass is 32.2. The van der Waals surface area contributed by atoms with Gasteiger partial charge in [0.1, 0.15) is 5.82 Å². The number of piperidine rings is 1. The average Bonchev–Trinajstić information content (AvgIpc) is 2.54. The summed E-state index contributed by atoms with van der Waals surface area (Å²) in [7, 11) is 0. The van der Waals surface area contributed by atoms with E-state index in [4.69, 9.17) is 5.73 Å². The number of halogens is 1. The summed E-state index contributed by atoms with van der Waals surface area (Å²) in [5.74, 6) is -0.609. The van der Waals surface area contributed by atoms with E-state index in [1.54, 1.807) is 23.1 Å². The van der Waals surface area contributed by atoms with Crippen molar-refractivity contribution in [1.29, 1.82) is 0 Å². The molecule has 1 fully saturated rings. The van der Waals surface area contributed by atoms with E-state index in [-0.39, 0.29) is 34.0 Å². The fraction of sp³-hybridized carbons (Fsp3) is 0.529. The van der Waals surface area contributed by atoms with E-state index in [9.17, 15) is 14.0 Å². The number of nitrogens with two attached hydrogens (primary N) is 1. The summed E-state index contributed by atoms with van der Waals surface area (Å²) in [5.41, 5.74) is 5.93. The van der Waals surface area contributed by atoms with Gasteiger partial charge in [0.25, 0.3) is 0 Å². The van der Waals surface area contributed by atoms with Crippen LogP contribution in [-0.4, -0.2) is 35.1 Å². The zero-order valence-corrected chi connectivity index (χ0v) is 14.3. The number of carbonyl (C=O) groups excluding carboxylic acids is 2. The van der Waals surface area contributed by atoms with Gasteiger partial charge in [-0.05, 0) is 32.8 Å². The second-order valence-corrected chi connectivity index (χ2v) is 7.63. The van der Waals surface area contributed by atoms with Crippen LogP contribution in [0, 0.1) is 11.7 Å². The molecule has 1 aliphatic heterocycles. The molecule has 0 spiro atoms. The highest BCUT2D eigenvalue weighted by Crippen LogP contribution is 2.34. The molecular formula is C17H23FN2O2S. The van der Waals surface area contributed by atoms with Crippen LogP contribution in [0.3, 0.4) is 0 Å². The summed E-state index contributed by atoms with van der Waals surface area (Å²) in [6.07, 6.45) is 1.25. The van der Waals surface area contributed by atoms with E-state index in [1.807, 2.05) is 13.8 Å². The molecule has 23 heavy (non-hydrogen) atoms. The standard InChI is InChI=1S/C17H23FN2O2S/c1-11(14-5-3-4-6-15(14)18)23-12(2)17(22)20-9-7-13(8-10-20)16(19)21/h3-6,11-13H,7-10H2,1-2H3,(H2,19,21). The van der Waals surface area contributed by atoms with Crippen LogP contribution >= 0.6 is 11.8 Å². The fourth-order valence-corrected chi connectivity index (χ4v) is 4.10. The van der Waals surface area contributed by atoms with Crippen LogP contribution in [0.25, 0.3) is 0 Å². The first-order valence-electron chi connectivity index (χ1n) is 7.88. The van der Waals surface area contributed by atoms with Gasteiger partial charge >= 0.3 is 0 Å². The predicted molar refractivity (Wildman–Crippen MR) is 90.4 cm³/mol. The maximum absolute atomic E-state index is 13.8. The number of hydrogen-bond acceptors (Lipinski definition) is 3. The molecular weight excluding hydrogens is 315 g/mol. The second kappa shape index (κ2) is 7.81. The fourth-order valence-electron chi connectivity index (χ4n) is 2.88. The lowest BCUT2D eigenvalue weighted by Gasteiger charge is -2.32. The van der Waals surface area contributed by atoms with Crippen molar-refractivity contribution in [3.8, 4) is 0 Å². The van der Waals surface area contributed by atoms with Crippen molar-refractivity contribution >= 4 is 23.6 Å². The predicted octanol–water partition coefficient (Wildman–Crippen LogP) is 2.73. The molecule has 1 aromatic rings. The summed E-state index contributed by atoms with van der Waals surface area (Å²) < 4.78 is 13.8. The zero-order valence-electron chi connectivity index (χ0n) is 13.5. The maximum atomic E-state index is 13.8. The molecule has 1 aromatic carbocycles. The van der Waals surface area contributed by atoms with E-state index in [2.05, 4.69) is 0 Å².